The number of unbranched alkanes of at least 4 members (excludes halogenated alkanes) is 1. The average Bonchev–Trinajstić information content (AvgIpc) is 2.86. The fraction of sp³-hybridized carbons (Fsp3) is 1.00. The molecule has 0 aliphatic heterocycles. The van der Waals surface area contributed by atoms with Crippen LogP contribution in [-0.2, 0) is 0 Å². The maximum atomic E-state index is 3.47. The molecule has 12 heavy (non-hydrogen) atoms. The highest BCUT2D eigenvalue weighted by Gasteiger charge is 2.27. The molecule has 0 aromatic heterocycles. The summed E-state index contributed by atoms with van der Waals surface area (Å²) in [7, 11) is 0. The van der Waals surface area contributed by atoms with E-state index in [0.29, 0.717) is 0 Å². The predicted molar refractivity (Wildman–Crippen MR) is 57.9 cm³/mol. The van der Waals surface area contributed by atoms with Crippen molar-refractivity contribution in [2.45, 2.75) is 45.1 Å². The van der Waals surface area contributed by atoms with Crippen LogP contribution in [0.3, 0.4) is 0 Å². The molecule has 2 heteroatoms. The molecule has 0 amide bonds. The summed E-state index contributed by atoms with van der Waals surface area (Å²) in [6.45, 7) is 4.91. The van der Waals surface area contributed by atoms with Gasteiger partial charge in [0.2, 0.25) is 0 Å². The van der Waals surface area contributed by atoms with Gasteiger partial charge >= 0.3 is 0 Å². The molecule has 0 aromatic carbocycles. The molecule has 0 saturated heterocycles. The lowest BCUT2D eigenvalue weighted by Crippen LogP contribution is -2.27. The SMILES string of the molecule is CCCN(CCCCBr)C1CC1. The van der Waals surface area contributed by atoms with Crippen LogP contribution in [0, 0.1) is 0 Å². The topological polar surface area (TPSA) is 3.24 Å². The van der Waals surface area contributed by atoms with Crippen molar-refractivity contribution in [2.75, 3.05) is 18.4 Å². The Morgan fingerprint density at radius 2 is 2.00 bits per heavy atom. The van der Waals surface area contributed by atoms with Crippen LogP contribution < -0.4 is 0 Å². The largest absolute Gasteiger partial charge is 0.300 e. The highest BCUT2D eigenvalue weighted by molar-refractivity contribution is 9.09. The van der Waals surface area contributed by atoms with E-state index in [1.54, 1.807) is 0 Å². The first-order valence-corrected chi connectivity index (χ1v) is 6.30. The number of nitrogens with zero attached hydrogens (tertiary/aromatic N) is 1. The molecule has 1 rings (SSSR count). The molecule has 1 fully saturated rings. The van der Waals surface area contributed by atoms with Gasteiger partial charge in [-0.15, -0.1) is 0 Å². The minimum absolute atomic E-state index is 0.959. The van der Waals surface area contributed by atoms with Crippen molar-refractivity contribution in [3.05, 3.63) is 0 Å². The minimum Gasteiger partial charge on any atom is -0.300 e. The fourth-order valence-electron chi connectivity index (χ4n) is 1.61. The Labute approximate surface area is 84.6 Å². The van der Waals surface area contributed by atoms with E-state index in [2.05, 4.69) is 27.8 Å². The quantitative estimate of drug-likeness (QED) is 0.483. The van der Waals surface area contributed by atoms with Gasteiger partial charge in [-0.2, -0.15) is 0 Å². The van der Waals surface area contributed by atoms with E-state index in [1.165, 1.54) is 45.2 Å². The van der Waals surface area contributed by atoms with Crippen LogP contribution in [0.2, 0.25) is 0 Å². The van der Waals surface area contributed by atoms with Gasteiger partial charge in [0.15, 0.2) is 0 Å². The van der Waals surface area contributed by atoms with Gasteiger partial charge in [-0.25, -0.2) is 0 Å². The van der Waals surface area contributed by atoms with Crippen LogP contribution in [0.4, 0.5) is 0 Å². The van der Waals surface area contributed by atoms with Crippen LogP contribution >= 0.6 is 15.9 Å². The smallest absolute Gasteiger partial charge is 0.00964 e. The highest BCUT2D eigenvalue weighted by Crippen LogP contribution is 2.27. The van der Waals surface area contributed by atoms with E-state index in [1.807, 2.05) is 0 Å². The molecular formula is C10H20BrN. The van der Waals surface area contributed by atoms with Gasteiger partial charge in [-0.05, 0) is 45.2 Å². The number of halogens is 1. The third-order valence-electron chi connectivity index (χ3n) is 2.40. The van der Waals surface area contributed by atoms with Crippen molar-refractivity contribution in [3.8, 4) is 0 Å². The summed E-state index contributed by atoms with van der Waals surface area (Å²) in [4.78, 5) is 2.67. The third-order valence-corrected chi connectivity index (χ3v) is 2.96. The van der Waals surface area contributed by atoms with E-state index in [9.17, 15) is 0 Å². The van der Waals surface area contributed by atoms with E-state index in [-0.39, 0.29) is 0 Å². The van der Waals surface area contributed by atoms with Crippen molar-refractivity contribution in [2.24, 2.45) is 0 Å². The molecule has 0 bridgehead atoms. The Morgan fingerprint density at radius 1 is 1.25 bits per heavy atom. The fourth-order valence-corrected chi connectivity index (χ4v) is 2.01. The van der Waals surface area contributed by atoms with Crippen molar-refractivity contribution in [1.82, 2.24) is 4.90 Å². The second kappa shape index (κ2) is 5.98. The van der Waals surface area contributed by atoms with Crippen LogP contribution in [0.15, 0.2) is 0 Å². The molecule has 72 valence electrons. The number of hydrogen-bond acceptors (Lipinski definition) is 1. The molecule has 1 saturated carbocycles. The zero-order valence-corrected chi connectivity index (χ0v) is 9.65. The second-order valence-corrected chi connectivity index (χ2v) is 4.46. The van der Waals surface area contributed by atoms with Gasteiger partial charge in [-0.3, -0.25) is 0 Å². The van der Waals surface area contributed by atoms with E-state index in [4.69, 9.17) is 0 Å². The normalized spacial score (nSPS) is 17.2. The standard InChI is InChI=1S/C10H20BrN/c1-2-8-12(10-5-6-10)9-4-3-7-11/h10H,2-9H2,1H3. The van der Waals surface area contributed by atoms with Gasteiger partial charge < -0.3 is 4.90 Å². The second-order valence-electron chi connectivity index (χ2n) is 3.66. The molecule has 1 aliphatic rings. The molecule has 0 spiro atoms. The molecular weight excluding hydrogens is 214 g/mol. The number of hydrogen-bond donors (Lipinski definition) is 0. The van der Waals surface area contributed by atoms with Crippen LogP contribution in [0.1, 0.15) is 39.0 Å². The highest BCUT2D eigenvalue weighted by atomic mass is 79.9. The zero-order valence-electron chi connectivity index (χ0n) is 8.06. The Morgan fingerprint density at radius 3 is 2.50 bits per heavy atom. The summed E-state index contributed by atoms with van der Waals surface area (Å²) >= 11 is 3.47. The Hall–Kier alpha value is 0.440. The lowest BCUT2D eigenvalue weighted by molar-refractivity contribution is 0.260. The molecule has 0 atom stereocenters. The van der Waals surface area contributed by atoms with Crippen molar-refractivity contribution in [1.29, 1.82) is 0 Å². The van der Waals surface area contributed by atoms with Crippen LogP contribution in [0.5, 0.6) is 0 Å². The first kappa shape index (κ1) is 10.5. The summed E-state index contributed by atoms with van der Waals surface area (Å²) < 4.78 is 0. The molecule has 0 aromatic rings. The third kappa shape index (κ3) is 3.90. The molecule has 0 heterocycles. The molecule has 1 nitrogen and oxygen atoms in total. The monoisotopic (exact) mass is 233 g/mol. The maximum absolute atomic E-state index is 3.47. The Kier molecular flexibility index (Phi) is 5.24. The van der Waals surface area contributed by atoms with Gasteiger partial charge in [-0.1, -0.05) is 22.9 Å². The Balaban J connectivity index is 2.05. The number of rotatable bonds is 7. The summed E-state index contributed by atoms with van der Waals surface area (Å²) in [6, 6.07) is 0.959. The van der Waals surface area contributed by atoms with Crippen LogP contribution in [-0.4, -0.2) is 29.4 Å². The Bertz CT molecular complexity index is 112. The lowest BCUT2D eigenvalue weighted by Gasteiger charge is -2.20. The van der Waals surface area contributed by atoms with Crippen molar-refractivity contribution < 1.29 is 0 Å². The van der Waals surface area contributed by atoms with Crippen molar-refractivity contribution in [3.63, 3.8) is 0 Å². The first-order chi connectivity index (χ1) is 5.88. The first-order valence-electron chi connectivity index (χ1n) is 5.18. The summed E-state index contributed by atoms with van der Waals surface area (Å²) in [6.07, 6.45) is 6.90. The van der Waals surface area contributed by atoms with E-state index >= 15 is 0 Å². The van der Waals surface area contributed by atoms with Crippen LogP contribution in [0.25, 0.3) is 0 Å². The van der Waals surface area contributed by atoms with Gasteiger partial charge in [0.05, 0.1) is 0 Å². The lowest BCUT2D eigenvalue weighted by atomic mass is 10.3. The summed E-state index contributed by atoms with van der Waals surface area (Å²) in [5.74, 6) is 0. The molecule has 0 N–H and O–H groups in total. The van der Waals surface area contributed by atoms with Crippen molar-refractivity contribution >= 4 is 15.9 Å². The summed E-state index contributed by atoms with van der Waals surface area (Å²) in [5.41, 5.74) is 0. The zero-order chi connectivity index (χ0) is 8.81. The molecule has 1 aliphatic carbocycles. The molecule has 0 radical (unpaired) electrons. The maximum Gasteiger partial charge on any atom is 0.00964 e. The van der Waals surface area contributed by atoms with Gasteiger partial charge in [0.1, 0.15) is 0 Å². The average molecular weight is 234 g/mol. The summed E-state index contributed by atoms with van der Waals surface area (Å²) in [5, 5.41) is 1.16. The predicted octanol–water partition coefficient (Wildman–Crippen LogP) is 3.04. The van der Waals surface area contributed by atoms with Gasteiger partial charge in [0, 0.05) is 11.4 Å². The molecule has 0 unspecified atom stereocenters. The minimum atomic E-state index is 0.959. The van der Waals surface area contributed by atoms with E-state index < -0.39 is 0 Å². The van der Waals surface area contributed by atoms with Gasteiger partial charge in [0.25, 0.3) is 0 Å². The van der Waals surface area contributed by atoms with E-state index in [0.717, 1.165) is 11.4 Å². The number of alkyl halides is 1.